The summed E-state index contributed by atoms with van der Waals surface area (Å²) in [6.45, 7) is 0.951. The largest absolute Gasteiger partial charge is 0.306 e. The molecule has 2 N–H and O–H groups in total. The van der Waals surface area contributed by atoms with Gasteiger partial charge in [0.15, 0.2) is 5.13 Å². The number of carbonyl (C=O) groups is 1. The van der Waals surface area contributed by atoms with Gasteiger partial charge in [-0.05, 0) is 38.6 Å². The minimum Gasteiger partial charge on any atom is -0.306 e. The van der Waals surface area contributed by atoms with Gasteiger partial charge in [0, 0.05) is 4.88 Å². The van der Waals surface area contributed by atoms with Crippen LogP contribution in [0.2, 0.25) is 0 Å². The number of hydrogen-bond acceptors (Lipinski definition) is 4. The first kappa shape index (κ1) is 11.2. The van der Waals surface area contributed by atoms with Gasteiger partial charge >= 0.3 is 0 Å². The van der Waals surface area contributed by atoms with E-state index in [0.29, 0.717) is 0 Å². The van der Waals surface area contributed by atoms with Crippen LogP contribution in [0, 0.1) is 0 Å². The Balaban J connectivity index is 1.63. The number of aromatic nitrogens is 1. The number of carbonyl (C=O) groups excluding carboxylic acids is 1. The molecule has 1 saturated heterocycles. The third-order valence-corrected chi connectivity index (χ3v) is 4.53. The molecule has 0 aromatic carbocycles. The fraction of sp³-hybridized carbons (Fsp3) is 0.667. The van der Waals surface area contributed by atoms with Crippen molar-refractivity contribution in [2.24, 2.45) is 0 Å². The Kier molecular flexibility index (Phi) is 3.11. The molecule has 1 aromatic rings. The molecule has 5 heteroatoms. The van der Waals surface area contributed by atoms with E-state index in [1.165, 1.54) is 23.4 Å². The molecule has 4 nitrogen and oxygen atoms in total. The summed E-state index contributed by atoms with van der Waals surface area (Å²) in [5.74, 6) is 0.0807. The zero-order valence-corrected chi connectivity index (χ0v) is 10.6. The Morgan fingerprint density at radius 2 is 2.29 bits per heavy atom. The second-order valence-corrected chi connectivity index (χ2v) is 5.82. The summed E-state index contributed by atoms with van der Waals surface area (Å²) in [4.78, 5) is 17.8. The van der Waals surface area contributed by atoms with Gasteiger partial charge < -0.3 is 10.6 Å². The maximum Gasteiger partial charge on any atom is 0.243 e. The number of thiazole rings is 1. The quantitative estimate of drug-likeness (QED) is 0.841. The minimum atomic E-state index is -0.0255. The third-order valence-electron chi connectivity index (χ3n) is 3.45. The van der Waals surface area contributed by atoms with E-state index in [1.807, 2.05) is 0 Å². The predicted molar refractivity (Wildman–Crippen MR) is 68.4 cm³/mol. The molecule has 0 radical (unpaired) electrons. The summed E-state index contributed by atoms with van der Waals surface area (Å²) in [5.41, 5.74) is 1.20. The second-order valence-electron chi connectivity index (χ2n) is 4.73. The van der Waals surface area contributed by atoms with Crippen LogP contribution in [0.3, 0.4) is 0 Å². The van der Waals surface area contributed by atoms with E-state index < -0.39 is 0 Å². The van der Waals surface area contributed by atoms with Gasteiger partial charge in [0.1, 0.15) is 0 Å². The summed E-state index contributed by atoms with van der Waals surface area (Å²) in [7, 11) is 0. The Morgan fingerprint density at radius 1 is 1.35 bits per heavy atom. The number of hydrogen-bond donors (Lipinski definition) is 2. The Morgan fingerprint density at radius 3 is 3.06 bits per heavy atom. The van der Waals surface area contributed by atoms with Crippen molar-refractivity contribution in [1.82, 2.24) is 10.3 Å². The highest BCUT2D eigenvalue weighted by Gasteiger charge is 2.23. The topological polar surface area (TPSA) is 54.0 Å². The van der Waals surface area contributed by atoms with E-state index in [2.05, 4.69) is 15.6 Å². The molecule has 1 aliphatic carbocycles. The smallest absolute Gasteiger partial charge is 0.243 e. The van der Waals surface area contributed by atoms with Gasteiger partial charge in [-0.1, -0.05) is 6.42 Å². The van der Waals surface area contributed by atoms with Crippen LogP contribution in [0.5, 0.6) is 0 Å². The summed E-state index contributed by atoms with van der Waals surface area (Å²) < 4.78 is 0. The molecule has 0 saturated carbocycles. The molecule has 1 aromatic heterocycles. The van der Waals surface area contributed by atoms with Gasteiger partial charge in [-0.3, -0.25) is 4.79 Å². The SMILES string of the molecule is O=C(Nc1nc2c(s1)CCC2)C1CCCCN1. The summed E-state index contributed by atoms with van der Waals surface area (Å²) in [5, 5.41) is 6.98. The molecule has 2 aliphatic rings. The van der Waals surface area contributed by atoms with Gasteiger partial charge in [-0.25, -0.2) is 4.98 Å². The van der Waals surface area contributed by atoms with E-state index in [1.54, 1.807) is 11.3 Å². The molecule has 17 heavy (non-hydrogen) atoms. The number of nitrogens with zero attached hydrogens (tertiary/aromatic N) is 1. The van der Waals surface area contributed by atoms with Crippen molar-refractivity contribution in [3.05, 3.63) is 10.6 Å². The van der Waals surface area contributed by atoms with Crippen LogP contribution in [0.15, 0.2) is 0 Å². The van der Waals surface area contributed by atoms with E-state index in [9.17, 15) is 4.79 Å². The maximum atomic E-state index is 12.0. The molecule has 0 spiro atoms. The van der Waals surface area contributed by atoms with E-state index in [-0.39, 0.29) is 11.9 Å². The molecule has 1 atom stereocenters. The molecule has 3 rings (SSSR count). The third kappa shape index (κ3) is 2.35. The van der Waals surface area contributed by atoms with Crippen LogP contribution >= 0.6 is 11.3 Å². The van der Waals surface area contributed by atoms with Crippen LogP contribution in [-0.4, -0.2) is 23.5 Å². The highest BCUT2D eigenvalue weighted by Crippen LogP contribution is 2.30. The highest BCUT2D eigenvalue weighted by atomic mass is 32.1. The summed E-state index contributed by atoms with van der Waals surface area (Å²) in [6.07, 6.45) is 6.67. The van der Waals surface area contributed by atoms with E-state index in [4.69, 9.17) is 0 Å². The van der Waals surface area contributed by atoms with Crippen molar-refractivity contribution in [3.8, 4) is 0 Å². The molecule has 1 fully saturated rings. The molecular formula is C12H17N3OS. The lowest BCUT2D eigenvalue weighted by Crippen LogP contribution is -2.43. The minimum absolute atomic E-state index is 0.0255. The van der Waals surface area contributed by atoms with Gasteiger partial charge in [-0.2, -0.15) is 0 Å². The average molecular weight is 251 g/mol. The van der Waals surface area contributed by atoms with Crippen molar-refractivity contribution in [1.29, 1.82) is 0 Å². The Labute approximate surface area is 105 Å². The lowest BCUT2D eigenvalue weighted by Gasteiger charge is -2.21. The molecule has 92 valence electrons. The fourth-order valence-electron chi connectivity index (χ4n) is 2.51. The van der Waals surface area contributed by atoms with Crippen LogP contribution < -0.4 is 10.6 Å². The zero-order valence-electron chi connectivity index (χ0n) is 9.79. The molecule has 1 amide bonds. The van der Waals surface area contributed by atoms with Gasteiger partial charge in [0.05, 0.1) is 11.7 Å². The molecule has 1 unspecified atom stereocenters. The Bertz CT molecular complexity index is 402. The van der Waals surface area contributed by atoms with Crippen LogP contribution in [-0.2, 0) is 17.6 Å². The molecule has 2 heterocycles. The van der Waals surface area contributed by atoms with Crippen LogP contribution in [0.4, 0.5) is 5.13 Å². The van der Waals surface area contributed by atoms with Crippen LogP contribution in [0.25, 0.3) is 0 Å². The first-order valence-corrected chi connectivity index (χ1v) is 7.17. The summed E-state index contributed by atoms with van der Waals surface area (Å²) >= 11 is 1.64. The molecular weight excluding hydrogens is 234 g/mol. The molecule has 1 aliphatic heterocycles. The lowest BCUT2D eigenvalue weighted by atomic mass is 10.0. The van der Waals surface area contributed by atoms with Gasteiger partial charge in [-0.15, -0.1) is 11.3 Å². The number of aryl methyl sites for hydroxylation is 2. The number of nitrogens with one attached hydrogen (secondary N) is 2. The lowest BCUT2D eigenvalue weighted by molar-refractivity contribution is -0.118. The number of amides is 1. The van der Waals surface area contributed by atoms with Crippen molar-refractivity contribution in [2.75, 3.05) is 11.9 Å². The number of fused-ring (bicyclic) bond motifs is 1. The first-order chi connectivity index (χ1) is 8.33. The van der Waals surface area contributed by atoms with Gasteiger partial charge in [0.25, 0.3) is 0 Å². The maximum absolute atomic E-state index is 12.0. The number of piperidine rings is 1. The first-order valence-electron chi connectivity index (χ1n) is 6.36. The highest BCUT2D eigenvalue weighted by molar-refractivity contribution is 7.15. The zero-order chi connectivity index (χ0) is 11.7. The average Bonchev–Trinajstić information content (AvgIpc) is 2.90. The van der Waals surface area contributed by atoms with E-state index in [0.717, 1.165) is 37.4 Å². The second kappa shape index (κ2) is 4.74. The van der Waals surface area contributed by atoms with Crippen molar-refractivity contribution >= 4 is 22.4 Å². The van der Waals surface area contributed by atoms with Gasteiger partial charge in [0.2, 0.25) is 5.91 Å². The Hall–Kier alpha value is -0.940. The normalized spacial score (nSPS) is 23.4. The van der Waals surface area contributed by atoms with E-state index >= 15 is 0 Å². The number of anilines is 1. The van der Waals surface area contributed by atoms with Crippen LogP contribution in [0.1, 0.15) is 36.3 Å². The summed E-state index contributed by atoms with van der Waals surface area (Å²) in [6, 6.07) is -0.0255. The number of rotatable bonds is 2. The van der Waals surface area contributed by atoms with Crippen molar-refractivity contribution in [3.63, 3.8) is 0 Å². The fourth-order valence-corrected chi connectivity index (χ4v) is 3.56. The van der Waals surface area contributed by atoms with Crippen molar-refractivity contribution in [2.45, 2.75) is 44.6 Å². The predicted octanol–water partition coefficient (Wildman–Crippen LogP) is 1.71. The molecule has 0 bridgehead atoms. The standard InChI is InChI=1S/C12H17N3OS/c16-11(9-4-1-2-7-13-9)15-12-14-8-5-3-6-10(8)17-12/h9,13H,1-7H2,(H,14,15,16). The monoisotopic (exact) mass is 251 g/mol. The van der Waals surface area contributed by atoms with Crippen molar-refractivity contribution < 1.29 is 4.79 Å².